The number of ether oxygens (including phenoxy) is 1. The minimum atomic E-state index is -3.49. The predicted octanol–water partition coefficient (Wildman–Crippen LogP) is 3.04. The van der Waals surface area contributed by atoms with E-state index >= 15 is 0 Å². The van der Waals surface area contributed by atoms with Crippen molar-refractivity contribution in [2.45, 2.75) is 75.1 Å². The SMILES string of the molecule is CC(C)(O)c1ncc([S@](N)(=O)=NC(O)Nc2c3c(c(OC(F)F)c4c2CCC4)CCC3)s1. The fraction of sp³-hybridized carbons (Fsp3) is 0.550. The van der Waals surface area contributed by atoms with Gasteiger partial charge in [0.05, 0.1) is 6.20 Å². The second-order valence-electron chi connectivity index (χ2n) is 8.44. The van der Waals surface area contributed by atoms with Crippen molar-refractivity contribution in [1.29, 1.82) is 0 Å². The van der Waals surface area contributed by atoms with Crippen molar-refractivity contribution in [3.63, 3.8) is 0 Å². The highest BCUT2D eigenvalue weighted by molar-refractivity contribution is 7.93. The molecule has 0 radical (unpaired) electrons. The highest BCUT2D eigenvalue weighted by Gasteiger charge is 2.32. The van der Waals surface area contributed by atoms with E-state index in [1.807, 2.05) is 0 Å². The third-order valence-electron chi connectivity index (χ3n) is 5.62. The van der Waals surface area contributed by atoms with Crippen LogP contribution in [0.4, 0.5) is 14.5 Å². The van der Waals surface area contributed by atoms with Crippen molar-refractivity contribution < 1.29 is 27.9 Å². The number of halogens is 2. The fourth-order valence-corrected chi connectivity index (χ4v) is 6.49. The molecule has 8 nitrogen and oxygen atoms in total. The summed E-state index contributed by atoms with van der Waals surface area (Å²) in [5.74, 6) is 0.267. The van der Waals surface area contributed by atoms with Crippen LogP contribution in [0.3, 0.4) is 0 Å². The molecule has 1 aromatic heterocycles. The summed E-state index contributed by atoms with van der Waals surface area (Å²) < 4.78 is 47.9. The number of fused-ring (bicyclic) bond motifs is 2. The number of alkyl halides is 2. The van der Waals surface area contributed by atoms with Gasteiger partial charge in [-0.25, -0.2) is 14.3 Å². The van der Waals surface area contributed by atoms with Gasteiger partial charge < -0.3 is 20.3 Å². The minimum absolute atomic E-state index is 0.131. The predicted molar refractivity (Wildman–Crippen MR) is 117 cm³/mol. The summed E-state index contributed by atoms with van der Waals surface area (Å²) in [6, 6.07) is 0. The molecule has 1 heterocycles. The fourth-order valence-electron chi connectivity index (χ4n) is 4.34. The Morgan fingerprint density at radius 3 is 2.28 bits per heavy atom. The molecular formula is C20H26F2N4O4S2. The van der Waals surface area contributed by atoms with Gasteiger partial charge in [0.15, 0.2) is 0 Å². The van der Waals surface area contributed by atoms with Crippen LogP contribution >= 0.6 is 11.3 Å². The molecule has 0 fully saturated rings. The van der Waals surface area contributed by atoms with E-state index < -0.39 is 28.5 Å². The maximum atomic E-state index is 13.0. The van der Waals surface area contributed by atoms with E-state index in [1.165, 1.54) is 6.20 Å². The van der Waals surface area contributed by atoms with Crippen LogP contribution < -0.4 is 15.2 Å². The van der Waals surface area contributed by atoms with E-state index in [0.29, 0.717) is 36.4 Å². The van der Waals surface area contributed by atoms with Crippen molar-refractivity contribution in [3.05, 3.63) is 33.5 Å². The third kappa shape index (κ3) is 4.46. The number of hydrogen-bond donors (Lipinski definition) is 4. The molecule has 2 atom stereocenters. The van der Waals surface area contributed by atoms with Crippen LogP contribution in [0.2, 0.25) is 0 Å². The van der Waals surface area contributed by atoms with Crippen molar-refractivity contribution >= 4 is 26.9 Å². The van der Waals surface area contributed by atoms with Crippen molar-refractivity contribution in [2.75, 3.05) is 5.32 Å². The van der Waals surface area contributed by atoms with Crippen LogP contribution in [-0.4, -0.2) is 32.4 Å². The number of nitrogens with one attached hydrogen (secondary N) is 1. The highest BCUT2D eigenvalue weighted by atomic mass is 32.2. The normalized spacial score (nSPS) is 18.2. The zero-order valence-corrected chi connectivity index (χ0v) is 19.4. The van der Waals surface area contributed by atoms with E-state index in [-0.39, 0.29) is 9.96 Å². The van der Waals surface area contributed by atoms with Crippen molar-refractivity contribution in [3.8, 4) is 5.75 Å². The average Bonchev–Trinajstić information content (AvgIpc) is 3.43. The number of aromatic nitrogens is 1. The smallest absolute Gasteiger partial charge is 0.387 e. The van der Waals surface area contributed by atoms with E-state index in [2.05, 4.69) is 14.7 Å². The van der Waals surface area contributed by atoms with Crippen molar-refractivity contribution in [1.82, 2.24) is 4.98 Å². The highest BCUT2D eigenvalue weighted by Crippen LogP contribution is 2.46. The first-order valence-corrected chi connectivity index (χ1v) is 12.7. The summed E-state index contributed by atoms with van der Waals surface area (Å²) in [6.07, 6.45) is 3.79. The van der Waals surface area contributed by atoms with Gasteiger partial charge in [0.2, 0.25) is 6.35 Å². The quantitative estimate of drug-likeness (QED) is 0.443. The molecule has 1 unspecified atom stereocenters. The number of nitrogens with two attached hydrogens (primary N) is 1. The van der Waals surface area contributed by atoms with Gasteiger partial charge in [-0.2, -0.15) is 13.1 Å². The first kappa shape index (κ1) is 23.3. The summed E-state index contributed by atoms with van der Waals surface area (Å²) in [6.45, 7) is 0.188. The second kappa shape index (κ2) is 8.49. The molecule has 4 rings (SSSR count). The third-order valence-corrected chi connectivity index (χ3v) is 8.89. The number of anilines is 1. The lowest BCUT2D eigenvalue weighted by Crippen LogP contribution is -2.23. The van der Waals surface area contributed by atoms with Gasteiger partial charge in [-0.3, -0.25) is 0 Å². The molecular weight excluding hydrogens is 462 g/mol. The first-order chi connectivity index (χ1) is 15.0. The molecule has 2 aliphatic carbocycles. The Balaban J connectivity index is 1.68. The summed E-state index contributed by atoms with van der Waals surface area (Å²) >= 11 is 0.961. The van der Waals surface area contributed by atoms with Gasteiger partial charge in [0.25, 0.3) is 0 Å². The summed E-state index contributed by atoms with van der Waals surface area (Å²) in [5, 5.41) is 29.8. The Kier molecular flexibility index (Phi) is 6.18. The van der Waals surface area contributed by atoms with Crippen LogP contribution in [0.5, 0.6) is 5.75 Å². The molecule has 0 spiro atoms. The molecule has 2 aliphatic rings. The Morgan fingerprint density at radius 2 is 1.78 bits per heavy atom. The molecule has 0 amide bonds. The Bertz CT molecular complexity index is 1120. The number of rotatable bonds is 7. The van der Waals surface area contributed by atoms with Crippen LogP contribution in [0.1, 0.15) is 54.0 Å². The zero-order valence-electron chi connectivity index (χ0n) is 17.7. The van der Waals surface area contributed by atoms with Gasteiger partial charge in [0.1, 0.15) is 30.5 Å². The standard InChI is InChI=1S/C20H26F2N4O4S2/c1-20(2,28)17-24-9-14(31-17)32(23,29)26-19(27)25-15-10-5-3-7-12(10)16(30-18(21)22)13-8-4-6-11(13)15/h9,18-19,25,27-28H,3-8H2,1-2H3,(H2,23,26,29)/t19?,32-/m1/s1. The molecule has 0 bridgehead atoms. The summed E-state index contributed by atoms with van der Waals surface area (Å²) in [7, 11) is -3.49. The number of aliphatic hydroxyl groups excluding tert-OH is 1. The molecule has 0 saturated carbocycles. The van der Waals surface area contributed by atoms with E-state index in [4.69, 9.17) is 9.88 Å². The second-order valence-corrected chi connectivity index (χ2v) is 11.5. The molecule has 0 saturated heterocycles. The Labute approximate surface area is 189 Å². The lowest BCUT2D eigenvalue weighted by Gasteiger charge is -2.22. The maximum absolute atomic E-state index is 13.0. The largest absolute Gasteiger partial charge is 0.434 e. The summed E-state index contributed by atoms with van der Waals surface area (Å²) in [4.78, 5) is 4.04. The van der Waals surface area contributed by atoms with Crippen LogP contribution in [0, 0.1) is 0 Å². The number of hydrogen-bond acceptors (Lipinski definition) is 8. The molecule has 1 aromatic carbocycles. The molecule has 12 heteroatoms. The molecule has 32 heavy (non-hydrogen) atoms. The van der Waals surface area contributed by atoms with Gasteiger partial charge in [-0.05, 0) is 74.6 Å². The van der Waals surface area contributed by atoms with Gasteiger partial charge in [-0.15, -0.1) is 11.3 Å². The molecule has 0 aliphatic heterocycles. The Morgan fingerprint density at radius 1 is 1.22 bits per heavy atom. The number of thiazole rings is 1. The van der Waals surface area contributed by atoms with E-state index in [9.17, 15) is 23.2 Å². The number of aliphatic hydroxyl groups is 2. The maximum Gasteiger partial charge on any atom is 0.387 e. The van der Waals surface area contributed by atoms with Gasteiger partial charge >= 0.3 is 6.61 Å². The molecule has 176 valence electrons. The lowest BCUT2D eigenvalue weighted by atomic mass is 9.97. The minimum Gasteiger partial charge on any atom is -0.434 e. The number of nitrogens with zero attached hydrogens (tertiary/aromatic N) is 2. The van der Waals surface area contributed by atoms with Gasteiger partial charge in [0, 0.05) is 5.69 Å². The molecule has 2 aromatic rings. The van der Waals surface area contributed by atoms with E-state index in [1.54, 1.807) is 13.8 Å². The summed E-state index contributed by atoms with van der Waals surface area (Å²) in [5.41, 5.74) is 2.51. The lowest BCUT2D eigenvalue weighted by molar-refractivity contribution is -0.0509. The molecule has 5 N–H and O–H groups in total. The van der Waals surface area contributed by atoms with Crippen molar-refractivity contribution in [2.24, 2.45) is 9.50 Å². The topological polar surface area (TPSA) is 130 Å². The Hall–Kier alpha value is -1.86. The van der Waals surface area contributed by atoms with Crippen LogP contribution in [0.15, 0.2) is 14.8 Å². The monoisotopic (exact) mass is 488 g/mol. The van der Waals surface area contributed by atoms with Crippen LogP contribution in [0.25, 0.3) is 0 Å². The van der Waals surface area contributed by atoms with Gasteiger partial charge in [-0.1, -0.05) is 0 Å². The van der Waals surface area contributed by atoms with E-state index in [0.717, 1.165) is 46.4 Å². The van der Waals surface area contributed by atoms with Crippen LogP contribution in [-0.2, 0) is 41.2 Å². The zero-order chi connectivity index (χ0) is 23.3. The first-order valence-electron chi connectivity index (χ1n) is 10.3. The number of benzene rings is 1. The average molecular weight is 489 g/mol.